The van der Waals surface area contributed by atoms with Gasteiger partial charge in [0.1, 0.15) is 0 Å². The molecular formula is C12H17NO2S. The summed E-state index contributed by atoms with van der Waals surface area (Å²) in [5.41, 5.74) is 0.732. The lowest BCUT2D eigenvalue weighted by Crippen LogP contribution is -2.32. The van der Waals surface area contributed by atoms with Gasteiger partial charge in [-0.15, -0.1) is 0 Å². The Morgan fingerprint density at radius 2 is 2.25 bits per heavy atom. The van der Waals surface area contributed by atoms with Gasteiger partial charge in [0.25, 0.3) is 0 Å². The molecule has 1 aliphatic heterocycles. The predicted molar refractivity (Wildman–Crippen MR) is 67.3 cm³/mol. The highest BCUT2D eigenvalue weighted by Gasteiger charge is 2.29. The summed E-state index contributed by atoms with van der Waals surface area (Å²) in [6, 6.07) is -0.153. The summed E-state index contributed by atoms with van der Waals surface area (Å²) in [7, 11) is -1.06. The zero-order valence-electron chi connectivity index (χ0n) is 9.84. The molecule has 0 aromatic rings. The van der Waals surface area contributed by atoms with Crippen molar-refractivity contribution in [2.75, 3.05) is 12.8 Å². The topological polar surface area (TPSA) is 37.4 Å². The molecule has 0 radical (unpaired) electrons. The average Bonchev–Trinajstić information content (AvgIpc) is 2.62. The summed E-state index contributed by atoms with van der Waals surface area (Å²) in [5.74, 6) is 0.0445. The van der Waals surface area contributed by atoms with Gasteiger partial charge in [-0.05, 0) is 13.8 Å². The second-order valence-corrected chi connectivity index (χ2v) is 4.91. The first-order chi connectivity index (χ1) is 7.57. The third kappa shape index (κ3) is 3.00. The Balaban J connectivity index is 2.90. The molecule has 88 valence electrons. The molecule has 0 amide bonds. The second kappa shape index (κ2) is 5.92. The van der Waals surface area contributed by atoms with Crippen molar-refractivity contribution >= 4 is 16.8 Å². The van der Waals surface area contributed by atoms with Crippen LogP contribution in [0, 0.1) is 0 Å². The molecule has 16 heavy (non-hydrogen) atoms. The molecule has 1 aliphatic rings. The maximum absolute atomic E-state index is 11.5. The Hall–Kier alpha value is -1.00. The van der Waals surface area contributed by atoms with E-state index in [0.29, 0.717) is 6.54 Å². The van der Waals surface area contributed by atoms with Gasteiger partial charge in [-0.3, -0.25) is 4.79 Å². The summed E-state index contributed by atoms with van der Waals surface area (Å²) < 4.78 is 13.3. The molecule has 3 nitrogen and oxygen atoms in total. The number of carbonyl (C=O) groups excluding carboxylic acids is 1. The van der Waals surface area contributed by atoms with Gasteiger partial charge < -0.3 is 0 Å². The zero-order chi connectivity index (χ0) is 12.1. The highest BCUT2D eigenvalue weighted by Crippen LogP contribution is 2.21. The van der Waals surface area contributed by atoms with Gasteiger partial charge in [-0.2, -0.15) is 0 Å². The summed E-state index contributed by atoms with van der Waals surface area (Å²) in [4.78, 5) is 11.4. The fraction of sp³-hybridized carbons (Fsp3) is 0.417. The molecule has 0 aromatic heterocycles. The number of carbonyl (C=O) groups is 1. The van der Waals surface area contributed by atoms with Crippen molar-refractivity contribution in [1.29, 1.82) is 0 Å². The Bertz CT molecular complexity index is 382. The molecule has 0 N–H and O–H groups in total. The van der Waals surface area contributed by atoms with Gasteiger partial charge in [0.05, 0.1) is 17.0 Å². The first kappa shape index (κ1) is 13.1. The van der Waals surface area contributed by atoms with Gasteiger partial charge >= 0.3 is 0 Å². The van der Waals surface area contributed by atoms with Crippen LogP contribution in [-0.4, -0.2) is 33.1 Å². The summed E-state index contributed by atoms with van der Waals surface area (Å²) >= 11 is 0. The highest BCUT2D eigenvalue weighted by molar-refractivity contribution is 7.81. The fourth-order valence-corrected chi connectivity index (χ4v) is 2.46. The number of ketones is 1. The van der Waals surface area contributed by atoms with Crippen LogP contribution in [0.1, 0.15) is 13.8 Å². The molecule has 4 heteroatoms. The van der Waals surface area contributed by atoms with Gasteiger partial charge in [0.15, 0.2) is 5.78 Å². The van der Waals surface area contributed by atoms with E-state index in [9.17, 15) is 9.00 Å². The van der Waals surface area contributed by atoms with Crippen LogP contribution in [0.25, 0.3) is 0 Å². The second-order valence-electron chi connectivity index (χ2n) is 3.59. The largest absolute Gasteiger partial charge is 0.295 e. The Morgan fingerprint density at radius 1 is 1.56 bits per heavy atom. The van der Waals surface area contributed by atoms with Crippen LogP contribution in [0.15, 0.2) is 36.0 Å². The molecule has 2 atom stereocenters. The van der Waals surface area contributed by atoms with Crippen LogP contribution in [0.3, 0.4) is 0 Å². The van der Waals surface area contributed by atoms with Crippen molar-refractivity contribution in [3.05, 3.63) is 36.0 Å². The van der Waals surface area contributed by atoms with Crippen molar-refractivity contribution in [3.8, 4) is 0 Å². The molecular weight excluding hydrogens is 222 g/mol. The molecule has 1 heterocycles. The monoisotopic (exact) mass is 239 g/mol. The van der Waals surface area contributed by atoms with E-state index in [4.69, 9.17) is 0 Å². The summed E-state index contributed by atoms with van der Waals surface area (Å²) in [5, 5.41) is 0. The molecule has 0 bridgehead atoms. The van der Waals surface area contributed by atoms with E-state index in [2.05, 4.69) is 0 Å². The smallest absolute Gasteiger partial charge is 0.157 e. The van der Waals surface area contributed by atoms with E-state index in [-0.39, 0.29) is 11.8 Å². The number of nitrogens with zero attached hydrogens (tertiary/aromatic N) is 1. The van der Waals surface area contributed by atoms with Gasteiger partial charge in [-0.25, -0.2) is 8.51 Å². The fourth-order valence-electron chi connectivity index (χ4n) is 1.67. The number of hydrogen-bond acceptors (Lipinski definition) is 2. The molecule has 0 fully saturated rings. The van der Waals surface area contributed by atoms with E-state index < -0.39 is 11.0 Å². The third-order valence-corrected chi connectivity index (χ3v) is 3.49. The van der Waals surface area contributed by atoms with Gasteiger partial charge in [0.2, 0.25) is 0 Å². The van der Waals surface area contributed by atoms with Gasteiger partial charge in [0, 0.05) is 18.4 Å². The average molecular weight is 239 g/mol. The summed E-state index contributed by atoms with van der Waals surface area (Å²) in [6.07, 6.45) is 11.1. The lowest BCUT2D eigenvalue weighted by Gasteiger charge is -2.20. The number of allylic oxidation sites excluding steroid dienone is 3. The third-order valence-electron chi connectivity index (χ3n) is 2.45. The van der Waals surface area contributed by atoms with Crippen molar-refractivity contribution < 1.29 is 9.00 Å². The molecule has 0 saturated carbocycles. The minimum atomic E-state index is -1.06. The Kier molecular flexibility index (Phi) is 4.83. The van der Waals surface area contributed by atoms with E-state index in [1.54, 1.807) is 17.5 Å². The lowest BCUT2D eigenvalue weighted by molar-refractivity contribution is -0.113. The van der Waals surface area contributed by atoms with Crippen LogP contribution >= 0.6 is 0 Å². The highest BCUT2D eigenvalue weighted by atomic mass is 32.2. The van der Waals surface area contributed by atoms with Crippen LogP contribution in [0.5, 0.6) is 0 Å². The quantitative estimate of drug-likeness (QED) is 0.699. The van der Waals surface area contributed by atoms with Crippen molar-refractivity contribution in [2.24, 2.45) is 0 Å². The first-order valence-corrected chi connectivity index (χ1v) is 6.70. The van der Waals surface area contributed by atoms with E-state index >= 15 is 0 Å². The number of Topliss-reactive ketones (excluding diaryl/α,β-unsaturated/α-hetero) is 1. The molecule has 0 unspecified atom stereocenters. The number of hydrogen-bond donors (Lipinski definition) is 0. The van der Waals surface area contributed by atoms with Crippen LogP contribution in [0.4, 0.5) is 0 Å². The van der Waals surface area contributed by atoms with E-state index in [1.165, 1.54) is 0 Å². The molecule has 0 spiro atoms. The van der Waals surface area contributed by atoms with Crippen LogP contribution in [-0.2, 0) is 15.8 Å². The number of rotatable bonds is 4. The maximum Gasteiger partial charge on any atom is 0.157 e. The van der Waals surface area contributed by atoms with Crippen molar-refractivity contribution in [2.45, 2.75) is 19.9 Å². The van der Waals surface area contributed by atoms with Crippen LogP contribution in [0.2, 0.25) is 0 Å². The summed E-state index contributed by atoms with van der Waals surface area (Å²) in [6.45, 7) is 4.05. The SMILES string of the molecule is C/C=C/C=C/[C@H]1C(C(C)=O)=CCN1[S@](C)=O. The van der Waals surface area contributed by atoms with E-state index in [1.807, 2.05) is 37.3 Å². The molecule has 0 aromatic carbocycles. The minimum absolute atomic E-state index is 0.0445. The Labute approximate surface area is 99.1 Å². The van der Waals surface area contributed by atoms with Crippen molar-refractivity contribution in [3.63, 3.8) is 0 Å². The standard InChI is InChI=1S/C12H17NO2S/c1-4-5-6-7-12-11(10(2)14)8-9-13(12)16(3)15/h4-8,12H,9H2,1-3H3/b5-4+,7-6+/t12-,16-/m0/s1. The van der Waals surface area contributed by atoms with Crippen molar-refractivity contribution in [1.82, 2.24) is 4.31 Å². The molecule has 0 saturated heterocycles. The minimum Gasteiger partial charge on any atom is -0.295 e. The Morgan fingerprint density at radius 3 is 2.75 bits per heavy atom. The molecule has 1 rings (SSSR count). The normalized spacial score (nSPS) is 24.2. The van der Waals surface area contributed by atoms with Crippen LogP contribution < -0.4 is 0 Å². The predicted octanol–water partition coefficient (Wildman–Crippen LogP) is 1.61. The first-order valence-electron chi connectivity index (χ1n) is 5.18. The zero-order valence-corrected chi connectivity index (χ0v) is 10.7. The maximum atomic E-state index is 11.5. The molecule has 0 aliphatic carbocycles. The van der Waals surface area contributed by atoms with Gasteiger partial charge in [-0.1, -0.05) is 30.4 Å². The lowest BCUT2D eigenvalue weighted by atomic mass is 10.1. The van der Waals surface area contributed by atoms with E-state index in [0.717, 1.165) is 5.57 Å².